The maximum Gasteiger partial charge on any atom is 0.490 e. The highest BCUT2D eigenvalue weighted by atomic mass is 32.2. The van der Waals surface area contributed by atoms with E-state index in [1.165, 1.54) is 11.8 Å². The second-order valence-corrected chi connectivity index (χ2v) is 9.27. The Hall–Kier alpha value is -2.63. The van der Waals surface area contributed by atoms with Gasteiger partial charge in [0, 0.05) is 28.0 Å². The van der Waals surface area contributed by atoms with Crippen LogP contribution in [0.1, 0.15) is 55.9 Å². The fourth-order valence-corrected chi connectivity index (χ4v) is 4.35. The number of carbonyl (C=O) groups excluding carboxylic acids is 2. The van der Waals surface area contributed by atoms with E-state index < -0.39 is 67.7 Å². The Labute approximate surface area is 224 Å². The quantitative estimate of drug-likeness (QED) is 0.130. The number of thioether (sulfide) groups is 1. The van der Waals surface area contributed by atoms with Crippen molar-refractivity contribution in [1.82, 2.24) is 10.6 Å². The smallest absolute Gasteiger partial charge is 0.480 e. The highest BCUT2D eigenvalue weighted by Gasteiger charge is 2.38. The number of alkyl halides is 3. The van der Waals surface area contributed by atoms with E-state index in [4.69, 9.17) is 34.7 Å². The van der Waals surface area contributed by atoms with Crippen LogP contribution in [0.3, 0.4) is 0 Å². The van der Waals surface area contributed by atoms with Crippen LogP contribution in [0, 0.1) is 0 Å². The van der Waals surface area contributed by atoms with Crippen molar-refractivity contribution in [2.75, 3.05) is 12.3 Å². The Morgan fingerprint density at radius 3 is 2.34 bits per heavy atom. The Morgan fingerprint density at radius 1 is 1.18 bits per heavy atom. The Morgan fingerprint density at radius 2 is 1.82 bits per heavy atom. The molecule has 17 heteroatoms. The first-order valence-electron chi connectivity index (χ1n) is 12.8. The summed E-state index contributed by atoms with van der Waals surface area (Å²) in [5, 5.41) is 39.1. The summed E-state index contributed by atoms with van der Waals surface area (Å²) < 4.78 is 59.0. The van der Waals surface area contributed by atoms with Crippen molar-refractivity contribution in [3.63, 3.8) is 0 Å². The number of ether oxygens (including phenoxy) is 1. The number of halogens is 3. The highest BCUT2D eigenvalue weighted by Crippen LogP contribution is 2.33. The molecule has 2 unspecified atom stereocenters. The van der Waals surface area contributed by atoms with E-state index in [1.54, 1.807) is 0 Å². The average molecular weight is 581 g/mol. The van der Waals surface area contributed by atoms with E-state index in [2.05, 4.69) is 10.6 Å². The molecule has 1 rings (SSSR count). The number of carboxylic acids is 3. The molecule has 1 aliphatic heterocycles. The summed E-state index contributed by atoms with van der Waals surface area (Å²) in [6, 6.07) is -2.34. The zero-order valence-corrected chi connectivity index (χ0v) is 20.9. The number of aliphatic hydroxyl groups excluding tert-OH is 1. The molecule has 1 fully saturated rings. The summed E-state index contributed by atoms with van der Waals surface area (Å²) in [5.74, 6) is -6.57. The summed E-state index contributed by atoms with van der Waals surface area (Å²) >= 11 is 1.26. The van der Waals surface area contributed by atoms with Crippen LogP contribution in [0.4, 0.5) is 13.2 Å². The van der Waals surface area contributed by atoms with E-state index in [9.17, 15) is 37.5 Å². The fraction of sp³-hybridized carbons (Fsp3) is 0.762. The number of nitrogens with one attached hydrogen (secondary N) is 2. The second-order valence-electron chi connectivity index (χ2n) is 8.00. The lowest BCUT2D eigenvalue weighted by atomic mass is 10.1. The lowest BCUT2D eigenvalue weighted by molar-refractivity contribution is -0.192. The summed E-state index contributed by atoms with van der Waals surface area (Å²) in [6.45, 7) is -2.65. The zero-order chi connectivity index (χ0) is 32.0. The summed E-state index contributed by atoms with van der Waals surface area (Å²) in [6.07, 6.45) is -4.92. The summed E-state index contributed by atoms with van der Waals surface area (Å²) in [5.41, 5.74) is 5.38. The standard InChI is InChI=1S/C19H33N3O8S.C2HF3O2/c1-2-3-4-5-13-14(8-17(26)30-13)31-10-12(18(27)21-9-16(24)25)22-15(23)7-6-11(20)19(28)29;3-2(4,5)1(6)7/h11-14,17,26H,2-10,20H2,1H3,(H,21,27)(H,22,23)(H,24,25)(H,28,29);(H,6,7)/t11-,12+,13?,14+,17?;/m1./s1/i1D3;. The van der Waals surface area contributed by atoms with Gasteiger partial charge in [-0.05, 0) is 12.8 Å². The van der Waals surface area contributed by atoms with Gasteiger partial charge in [0.2, 0.25) is 11.8 Å². The summed E-state index contributed by atoms with van der Waals surface area (Å²) in [4.78, 5) is 55.1. The first kappa shape index (κ1) is 29.9. The Balaban J connectivity index is 0.00000201. The van der Waals surface area contributed by atoms with Gasteiger partial charge >= 0.3 is 24.1 Å². The van der Waals surface area contributed by atoms with Crippen LogP contribution in [0.2, 0.25) is 0 Å². The molecule has 0 saturated carbocycles. The number of unbranched alkanes of at least 4 members (excludes halogenated alkanes) is 1. The predicted octanol–water partition coefficient (Wildman–Crippen LogP) is 0.287. The van der Waals surface area contributed by atoms with Crippen LogP contribution in [-0.2, 0) is 28.7 Å². The molecule has 0 spiro atoms. The minimum atomic E-state index is -5.08. The van der Waals surface area contributed by atoms with Gasteiger partial charge in [-0.2, -0.15) is 24.9 Å². The number of nitrogens with two attached hydrogens (primary N) is 1. The molecule has 0 aromatic carbocycles. The lowest BCUT2D eigenvalue weighted by Gasteiger charge is -2.22. The van der Waals surface area contributed by atoms with Crippen LogP contribution < -0.4 is 16.4 Å². The minimum Gasteiger partial charge on any atom is -0.480 e. The lowest BCUT2D eigenvalue weighted by Crippen LogP contribution is -2.50. The zero-order valence-electron chi connectivity index (χ0n) is 23.1. The molecule has 38 heavy (non-hydrogen) atoms. The van der Waals surface area contributed by atoms with Crippen LogP contribution in [0.15, 0.2) is 0 Å². The molecule has 0 aromatic heterocycles. The van der Waals surface area contributed by atoms with E-state index in [-0.39, 0.29) is 42.8 Å². The third kappa shape index (κ3) is 15.6. The first-order valence-corrected chi connectivity index (χ1v) is 12.3. The van der Waals surface area contributed by atoms with E-state index in [1.807, 2.05) is 0 Å². The van der Waals surface area contributed by atoms with Crippen molar-refractivity contribution < 1.29 is 66.4 Å². The number of aliphatic hydroxyl groups is 1. The van der Waals surface area contributed by atoms with Crippen LogP contribution >= 0.6 is 11.8 Å². The molecule has 0 aromatic rings. The van der Waals surface area contributed by atoms with Gasteiger partial charge in [0.15, 0.2) is 6.29 Å². The highest BCUT2D eigenvalue weighted by molar-refractivity contribution is 8.00. The van der Waals surface area contributed by atoms with Gasteiger partial charge in [0.1, 0.15) is 18.6 Å². The Kier molecular flexibility index (Phi) is 14.0. The van der Waals surface area contributed by atoms with E-state index >= 15 is 0 Å². The molecule has 1 aliphatic rings. The predicted molar refractivity (Wildman–Crippen MR) is 127 cm³/mol. The van der Waals surface area contributed by atoms with Crippen molar-refractivity contribution in [2.45, 2.75) is 87.7 Å². The Bertz CT molecular complexity index is 899. The second kappa shape index (κ2) is 17.8. The van der Waals surface area contributed by atoms with Gasteiger partial charge in [0.05, 0.1) is 6.10 Å². The number of carbonyl (C=O) groups is 5. The molecule has 13 nitrogen and oxygen atoms in total. The molecule has 1 heterocycles. The summed E-state index contributed by atoms with van der Waals surface area (Å²) in [7, 11) is 0. The van der Waals surface area contributed by atoms with Gasteiger partial charge in [-0.25, -0.2) is 4.79 Å². The van der Waals surface area contributed by atoms with Crippen LogP contribution in [-0.4, -0.2) is 98.3 Å². The van der Waals surface area contributed by atoms with Gasteiger partial charge < -0.3 is 41.5 Å². The monoisotopic (exact) mass is 580 g/mol. The molecule has 8 N–H and O–H groups in total. The first-order chi connectivity index (χ1) is 18.7. The van der Waals surface area contributed by atoms with Crippen molar-refractivity contribution in [1.29, 1.82) is 0 Å². The topological polar surface area (TPSA) is 226 Å². The number of amides is 2. The molecular weight excluding hydrogens is 543 g/mol. The van der Waals surface area contributed by atoms with Crippen molar-refractivity contribution in [2.24, 2.45) is 5.73 Å². The molecule has 0 aliphatic carbocycles. The van der Waals surface area contributed by atoms with Gasteiger partial charge in [-0.1, -0.05) is 26.1 Å². The number of carboxylic acid groups (broad SMARTS) is 3. The van der Waals surface area contributed by atoms with Crippen LogP contribution in [0.5, 0.6) is 0 Å². The molecular formula is C21H34F3N3O10S. The van der Waals surface area contributed by atoms with E-state index in [0.29, 0.717) is 19.3 Å². The SMILES string of the molecule is O=C(O)C(F)(F)F.[2H]C([2H])([2H])CCCCC1OC(O)C[C@@H]1SC[C@H](NC(=O)CC[C@@H](N)C(=O)O)C(=O)NCC(=O)O. The molecule has 0 bridgehead atoms. The molecule has 0 radical (unpaired) electrons. The molecule has 2 amide bonds. The maximum atomic E-state index is 12.4. The van der Waals surface area contributed by atoms with Gasteiger partial charge in [-0.15, -0.1) is 0 Å². The molecule has 220 valence electrons. The number of aliphatic carboxylic acids is 3. The fourth-order valence-electron chi connectivity index (χ4n) is 2.96. The molecule has 1 saturated heterocycles. The number of hydrogen-bond donors (Lipinski definition) is 7. The van der Waals surface area contributed by atoms with E-state index in [0.717, 1.165) is 0 Å². The average Bonchev–Trinajstić information content (AvgIpc) is 3.19. The third-order valence-corrected chi connectivity index (χ3v) is 6.33. The normalized spacial score (nSPS) is 21.9. The number of hydrogen-bond acceptors (Lipinski definition) is 9. The molecule has 5 atom stereocenters. The van der Waals surface area contributed by atoms with Gasteiger partial charge in [0.25, 0.3) is 0 Å². The maximum absolute atomic E-state index is 12.4. The van der Waals surface area contributed by atoms with Crippen molar-refractivity contribution in [3.05, 3.63) is 0 Å². The van der Waals surface area contributed by atoms with Crippen LogP contribution in [0.25, 0.3) is 0 Å². The van der Waals surface area contributed by atoms with Crippen molar-refractivity contribution >= 4 is 41.5 Å². The number of rotatable bonds is 15. The largest absolute Gasteiger partial charge is 0.490 e. The van der Waals surface area contributed by atoms with Crippen molar-refractivity contribution in [3.8, 4) is 0 Å². The third-order valence-electron chi connectivity index (χ3n) is 4.88. The van der Waals surface area contributed by atoms with Gasteiger partial charge in [-0.3, -0.25) is 19.2 Å². The minimum absolute atomic E-state index is 0.0503.